The monoisotopic (exact) mass is 148 g/mol. The number of rotatable bonds is 1. The van der Waals surface area contributed by atoms with Crippen molar-refractivity contribution in [3.63, 3.8) is 0 Å². The lowest BCUT2D eigenvalue weighted by molar-refractivity contribution is 0.383. The number of nitrogens with zero attached hydrogens (tertiary/aromatic N) is 1. The topological polar surface area (TPSA) is 24.9 Å². The van der Waals surface area contributed by atoms with E-state index in [1.807, 2.05) is 13.1 Å². The van der Waals surface area contributed by atoms with Crippen molar-refractivity contribution < 1.29 is 0 Å². The van der Waals surface area contributed by atoms with Gasteiger partial charge in [0.25, 0.3) is 0 Å². The molecule has 2 nitrogen and oxygen atoms in total. The summed E-state index contributed by atoms with van der Waals surface area (Å²) in [7, 11) is 0. The van der Waals surface area contributed by atoms with E-state index in [4.69, 9.17) is 0 Å². The van der Waals surface area contributed by atoms with Gasteiger partial charge in [-0.15, -0.1) is 0 Å². The van der Waals surface area contributed by atoms with Crippen LogP contribution in [0.5, 0.6) is 0 Å². The Labute approximate surface area is 66.7 Å². The second kappa shape index (κ2) is 2.62. The molecule has 0 spiro atoms. The molecule has 2 heterocycles. The Morgan fingerprint density at radius 1 is 1.64 bits per heavy atom. The molecule has 0 aromatic carbocycles. The maximum Gasteiger partial charge on any atom is 0.0375 e. The van der Waals surface area contributed by atoms with E-state index in [0.29, 0.717) is 6.04 Å². The summed E-state index contributed by atoms with van der Waals surface area (Å²) in [6.07, 6.45) is 3.15. The van der Waals surface area contributed by atoms with Crippen molar-refractivity contribution in [1.29, 1.82) is 0 Å². The molecule has 0 aliphatic carbocycles. The summed E-state index contributed by atoms with van der Waals surface area (Å²) in [5, 5.41) is 3.36. The van der Waals surface area contributed by atoms with E-state index < -0.39 is 0 Å². The first-order valence-corrected chi connectivity index (χ1v) is 4.02. The number of hydrogen-bond donors (Lipinski definition) is 1. The molecule has 1 atom stereocenters. The van der Waals surface area contributed by atoms with Crippen LogP contribution in [0.25, 0.3) is 0 Å². The third-order valence-corrected chi connectivity index (χ3v) is 2.15. The van der Waals surface area contributed by atoms with Crippen molar-refractivity contribution in [1.82, 2.24) is 10.3 Å². The molecule has 58 valence electrons. The molecule has 2 rings (SSSR count). The third-order valence-electron chi connectivity index (χ3n) is 2.15. The van der Waals surface area contributed by atoms with Gasteiger partial charge < -0.3 is 5.32 Å². The molecule has 1 aromatic rings. The van der Waals surface area contributed by atoms with E-state index in [1.54, 1.807) is 0 Å². The summed E-state index contributed by atoms with van der Waals surface area (Å²) in [5.41, 5.74) is 2.49. The maximum atomic E-state index is 4.15. The lowest BCUT2D eigenvalue weighted by Gasteiger charge is -2.27. The van der Waals surface area contributed by atoms with Crippen molar-refractivity contribution in [2.24, 2.45) is 0 Å². The minimum Gasteiger partial charge on any atom is -0.310 e. The minimum absolute atomic E-state index is 0.594. The first-order valence-electron chi connectivity index (χ1n) is 4.02. The van der Waals surface area contributed by atoms with Crippen LogP contribution < -0.4 is 5.32 Å². The van der Waals surface area contributed by atoms with Gasteiger partial charge in [-0.2, -0.15) is 0 Å². The van der Waals surface area contributed by atoms with Crippen molar-refractivity contribution in [2.75, 3.05) is 6.54 Å². The minimum atomic E-state index is 0.594. The van der Waals surface area contributed by atoms with Gasteiger partial charge in [0.1, 0.15) is 0 Å². The molecule has 1 N–H and O–H groups in total. The highest BCUT2D eigenvalue weighted by Gasteiger charge is 2.17. The Morgan fingerprint density at radius 3 is 3.00 bits per heavy atom. The third kappa shape index (κ3) is 1.26. The van der Waals surface area contributed by atoms with Crippen LogP contribution in [0, 0.1) is 6.92 Å². The normalized spacial score (nSPS) is 22.8. The number of hydrogen-bond acceptors (Lipinski definition) is 2. The standard InChI is InChI=1S/C9H12N2/c1-7-6-8(2-4-10-7)9-3-5-11-9/h2,4,6,9,11H,3,5H2,1H3/t9-/m1/s1. The Kier molecular flexibility index (Phi) is 1.62. The van der Waals surface area contributed by atoms with Crippen LogP contribution in [0.2, 0.25) is 0 Å². The van der Waals surface area contributed by atoms with Crippen molar-refractivity contribution in [3.8, 4) is 0 Å². The predicted octanol–water partition coefficient (Wildman–Crippen LogP) is 1.42. The van der Waals surface area contributed by atoms with Gasteiger partial charge in [0, 0.05) is 17.9 Å². The highest BCUT2D eigenvalue weighted by molar-refractivity contribution is 5.21. The predicted molar refractivity (Wildman–Crippen MR) is 44.3 cm³/mol. The summed E-state index contributed by atoms with van der Waals surface area (Å²) < 4.78 is 0. The molecule has 0 amide bonds. The molecular weight excluding hydrogens is 136 g/mol. The lowest BCUT2D eigenvalue weighted by atomic mass is 9.99. The Morgan fingerprint density at radius 2 is 2.45 bits per heavy atom. The zero-order chi connectivity index (χ0) is 7.68. The first-order chi connectivity index (χ1) is 5.36. The van der Waals surface area contributed by atoms with E-state index >= 15 is 0 Å². The Balaban J connectivity index is 2.23. The van der Waals surface area contributed by atoms with Crippen LogP contribution in [0.4, 0.5) is 0 Å². The van der Waals surface area contributed by atoms with E-state index in [1.165, 1.54) is 12.0 Å². The molecule has 1 aliphatic heterocycles. The maximum absolute atomic E-state index is 4.15. The Hall–Kier alpha value is -0.890. The van der Waals surface area contributed by atoms with Crippen LogP contribution in [0.1, 0.15) is 23.7 Å². The van der Waals surface area contributed by atoms with Gasteiger partial charge in [-0.1, -0.05) is 0 Å². The van der Waals surface area contributed by atoms with Crippen molar-refractivity contribution >= 4 is 0 Å². The average Bonchev–Trinajstić information content (AvgIpc) is 1.83. The summed E-state index contributed by atoms with van der Waals surface area (Å²) in [6.45, 7) is 3.19. The summed E-state index contributed by atoms with van der Waals surface area (Å²) in [6, 6.07) is 4.83. The van der Waals surface area contributed by atoms with Crippen LogP contribution in [-0.2, 0) is 0 Å². The fourth-order valence-corrected chi connectivity index (χ4v) is 1.36. The Bertz CT molecular complexity index is 253. The zero-order valence-corrected chi connectivity index (χ0v) is 6.67. The molecule has 0 radical (unpaired) electrons. The average molecular weight is 148 g/mol. The van der Waals surface area contributed by atoms with Gasteiger partial charge in [-0.05, 0) is 37.6 Å². The number of pyridine rings is 1. The van der Waals surface area contributed by atoms with Gasteiger partial charge in [0.2, 0.25) is 0 Å². The molecule has 0 unspecified atom stereocenters. The van der Waals surface area contributed by atoms with Gasteiger partial charge >= 0.3 is 0 Å². The van der Waals surface area contributed by atoms with Crippen molar-refractivity contribution in [3.05, 3.63) is 29.6 Å². The van der Waals surface area contributed by atoms with Gasteiger partial charge in [-0.25, -0.2) is 0 Å². The number of aryl methyl sites for hydroxylation is 1. The fourth-order valence-electron chi connectivity index (χ4n) is 1.36. The second-order valence-corrected chi connectivity index (χ2v) is 3.03. The van der Waals surface area contributed by atoms with Gasteiger partial charge in [0.05, 0.1) is 0 Å². The highest BCUT2D eigenvalue weighted by atomic mass is 15.0. The van der Waals surface area contributed by atoms with Crippen LogP contribution in [-0.4, -0.2) is 11.5 Å². The number of aromatic nitrogens is 1. The molecule has 1 saturated heterocycles. The fraction of sp³-hybridized carbons (Fsp3) is 0.444. The smallest absolute Gasteiger partial charge is 0.0375 e. The summed E-state index contributed by atoms with van der Waals surface area (Å²) in [5.74, 6) is 0. The van der Waals surface area contributed by atoms with Gasteiger partial charge in [0.15, 0.2) is 0 Å². The van der Waals surface area contributed by atoms with E-state index in [0.717, 1.165) is 12.2 Å². The summed E-state index contributed by atoms with van der Waals surface area (Å²) >= 11 is 0. The van der Waals surface area contributed by atoms with Gasteiger partial charge in [-0.3, -0.25) is 4.98 Å². The highest BCUT2D eigenvalue weighted by Crippen LogP contribution is 2.22. The van der Waals surface area contributed by atoms with E-state index in [9.17, 15) is 0 Å². The second-order valence-electron chi connectivity index (χ2n) is 3.03. The molecule has 1 aromatic heterocycles. The van der Waals surface area contributed by atoms with Crippen LogP contribution in [0.3, 0.4) is 0 Å². The molecular formula is C9H12N2. The molecule has 1 aliphatic rings. The lowest BCUT2D eigenvalue weighted by Crippen LogP contribution is -2.34. The SMILES string of the molecule is Cc1cc([C@H]2CCN2)ccn1. The van der Waals surface area contributed by atoms with E-state index in [2.05, 4.69) is 22.4 Å². The molecule has 0 bridgehead atoms. The quantitative estimate of drug-likeness (QED) is 0.651. The van der Waals surface area contributed by atoms with Crippen LogP contribution in [0.15, 0.2) is 18.3 Å². The largest absolute Gasteiger partial charge is 0.310 e. The zero-order valence-electron chi connectivity index (χ0n) is 6.67. The first kappa shape index (κ1) is 6.80. The van der Waals surface area contributed by atoms with Crippen molar-refractivity contribution in [2.45, 2.75) is 19.4 Å². The van der Waals surface area contributed by atoms with E-state index in [-0.39, 0.29) is 0 Å². The summed E-state index contributed by atoms with van der Waals surface area (Å²) in [4.78, 5) is 4.15. The molecule has 0 saturated carbocycles. The number of nitrogens with one attached hydrogen (secondary N) is 1. The molecule has 11 heavy (non-hydrogen) atoms. The van der Waals surface area contributed by atoms with Crippen LogP contribution >= 0.6 is 0 Å². The molecule has 2 heteroatoms. The molecule has 1 fully saturated rings.